The van der Waals surface area contributed by atoms with Crippen molar-refractivity contribution >= 4 is 30.0 Å². The van der Waals surface area contributed by atoms with Crippen LogP contribution < -0.4 is 0 Å². The standard InChI is InChI=1S/C53H99NO11/c1-6-11-14-17-19-20-24-32-41-60-49(55)37-30-26-31-39-51(57)64-45-47(46-65-53(59)62-43-34-40-54(9-4)10-5)44-63-50(56)38-29-23-21-25-33-42-61-52(58)48(35-27-16-13-8-3)36-28-22-18-15-12-7-2/h47-48H,6-46H2,1-5H3. The second kappa shape index (κ2) is 47.6. The zero-order valence-corrected chi connectivity index (χ0v) is 42.6. The molecule has 0 rings (SSSR count). The maximum Gasteiger partial charge on any atom is 0.508 e. The van der Waals surface area contributed by atoms with Gasteiger partial charge in [-0.25, -0.2) is 4.79 Å². The van der Waals surface area contributed by atoms with E-state index in [1.165, 1.54) is 89.9 Å². The number of ether oxygens (including phenoxy) is 6. The Balaban J connectivity index is 4.57. The quantitative estimate of drug-likeness (QED) is 0.0325. The van der Waals surface area contributed by atoms with Crippen molar-refractivity contribution in [3.8, 4) is 0 Å². The lowest BCUT2D eigenvalue weighted by Crippen LogP contribution is -2.27. The topological polar surface area (TPSA) is 144 Å². The molecule has 65 heavy (non-hydrogen) atoms. The third-order valence-corrected chi connectivity index (χ3v) is 12.1. The van der Waals surface area contributed by atoms with Gasteiger partial charge in [0, 0.05) is 25.8 Å². The molecule has 0 aliphatic rings. The Morgan fingerprint density at radius 2 is 0.738 bits per heavy atom. The zero-order chi connectivity index (χ0) is 47.9. The largest absolute Gasteiger partial charge is 0.508 e. The Morgan fingerprint density at radius 3 is 1.23 bits per heavy atom. The fourth-order valence-corrected chi connectivity index (χ4v) is 7.69. The highest BCUT2D eigenvalue weighted by molar-refractivity contribution is 5.72. The number of nitrogens with zero attached hydrogens (tertiary/aromatic N) is 1. The van der Waals surface area contributed by atoms with E-state index in [0.29, 0.717) is 51.7 Å². The molecule has 0 N–H and O–H groups in total. The van der Waals surface area contributed by atoms with Gasteiger partial charge in [-0.2, -0.15) is 0 Å². The molecule has 2 unspecified atom stereocenters. The summed E-state index contributed by atoms with van der Waals surface area (Å²) in [6.07, 6.45) is 30.1. The molecule has 0 heterocycles. The summed E-state index contributed by atoms with van der Waals surface area (Å²) in [5.41, 5.74) is 0. The molecule has 0 aromatic heterocycles. The van der Waals surface area contributed by atoms with Gasteiger partial charge >= 0.3 is 30.0 Å². The first-order valence-electron chi connectivity index (χ1n) is 26.9. The number of unbranched alkanes of at least 4 members (excludes halogenated alkanes) is 21. The molecule has 0 aromatic carbocycles. The minimum Gasteiger partial charge on any atom is -0.466 e. The average molecular weight is 926 g/mol. The summed E-state index contributed by atoms with van der Waals surface area (Å²) in [4.78, 5) is 64.9. The van der Waals surface area contributed by atoms with Gasteiger partial charge in [0.1, 0.15) is 19.8 Å². The van der Waals surface area contributed by atoms with Gasteiger partial charge in [-0.1, -0.05) is 169 Å². The predicted octanol–water partition coefficient (Wildman–Crippen LogP) is 13.4. The van der Waals surface area contributed by atoms with E-state index in [0.717, 1.165) is 83.8 Å². The summed E-state index contributed by atoms with van der Waals surface area (Å²) in [5.74, 6) is -1.53. The normalized spacial score (nSPS) is 12.2. The zero-order valence-electron chi connectivity index (χ0n) is 42.6. The van der Waals surface area contributed by atoms with E-state index < -0.39 is 18.0 Å². The van der Waals surface area contributed by atoms with Crippen LogP contribution in [0.5, 0.6) is 0 Å². The molecule has 12 nitrogen and oxygen atoms in total. The van der Waals surface area contributed by atoms with Crippen molar-refractivity contribution in [3.63, 3.8) is 0 Å². The molecule has 0 spiro atoms. The molecule has 0 bridgehead atoms. The summed E-state index contributed by atoms with van der Waals surface area (Å²) in [7, 11) is 0. The lowest BCUT2D eigenvalue weighted by Gasteiger charge is -2.18. The number of hydrogen-bond donors (Lipinski definition) is 0. The fraction of sp³-hybridized carbons (Fsp3) is 0.906. The first kappa shape index (κ1) is 62.1. The summed E-state index contributed by atoms with van der Waals surface area (Å²) < 4.78 is 32.7. The van der Waals surface area contributed by atoms with Gasteiger partial charge in [0.25, 0.3) is 0 Å². The van der Waals surface area contributed by atoms with E-state index in [1.54, 1.807) is 0 Å². The van der Waals surface area contributed by atoms with E-state index in [4.69, 9.17) is 28.4 Å². The number of esters is 4. The SMILES string of the molecule is CCCCCCCCCCOC(=O)CCCCCC(=O)OCC(COC(=O)CCCCCCCOC(=O)C(CCCCCC)CCCCCCCC)COC(=O)OCCCN(CC)CC. The highest BCUT2D eigenvalue weighted by atomic mass is 16.7. The van der Waals surface area contributed by atoms with Gasteiger partial charge in [-0.15, -0.1) is 0 Å². The molecule has 2 atom stereocenters. The summed E-state index contributed by atoms with van der Waals surface area (Å²) in [6.45, 7) is 14.4. The molecule has 0 aliphatic carbocycles. The predicted molar refractivity (Wildman–Crippen MR) is 261 cm³/mol. The summed E-state index contributed by atoms with van der Waals surface area (Å²) >= 11 is 0. The van der Waals surface area contributed by atoms with E-state index in [2.05, 4.69) is 39.5 Å². The minimum absolute atomic E-state index is 0.0117. The number of carbonyl (C=O) groups excluding carboxylic acids is 5. The lowest BCUT2D eigenvalue weighted by atomic mass is 9.94. The number of rotatable bonds is 48. The Labute approximate surface area is 397 Å². The van der Waals surface area contributed by atoms with Crippen LogP contribution in [0.1, 0.15) is 240 Å². The molecular weight excluding hydrogens is 827 g/mol. The third-order valence-electron chi connectivity index (χ3n) is 12.1. The highest BCUT2D eigenvalue weighted by Crippen LogP contribution is 2.21. The van der Waals surface area contributed by atoms with E-state index in [1.807, 2.05) is 0 Å². The van der Waals surface area contributed by atoms with Crippen LogP contribution in [0.25, 0.3) is 0 Å². The van der Waals surface area contributed by atoms with Crippen molar-refractivity contribution in [2.45, 2.75) is 240 Å². The number of hydrogen-bond acceptors (Lipinski definition) is 12. The van der Waals surface area contributed by atoms with Crippen molar-refractivity contribution in [2.75, 3.05) is 59.3 Å². The van der Waals surface area contributed by atoms with Gasteiger partial charge < -0.3 is 33.3 Å². The van der Waals surface area contributed by atoms with Crippen LogP contribution in [0.3, 0.4) is 0 Å². The van der Waals surface area contributed by atoms with Crippen molar-refractivity contribution < 1.29 is 52.4 Å². The Morgan fingerprint density at radius 1 is 0.369 bits per heavy atom. The second-order valence-electron chi connectivity index (χ2n) is 18.1. The summed E-state index contributed by atoms with van der Waals surface area (Å²) in [5, 5.41) is 0. The Kier molecular flexibility index (Phi) is 45.5. The average Bonchev–Trinajstić information content (AvgIpc) is 3.30. The maximum absolute atomic E-state index is 12.9. The molecule has 0 fully saturated rings. The van der Waals surface area contributed by atoms with Crippen molar-refractivity contribution in [3.05, 3.63) is 0 Å². The first-order valence-corrected chi connectivity index (χ1v) is 26.9. The van der Waals surface area contributed by atoms with E-state index in [-0.39, 0.29) is 63.1 Å². The van der Waals surface area contributed by atoms with Crippen molar-refractivity contribution in [1.82, 2.24) is 4.90 Å². The van der Waals surface area contributed by atoms with Crippen LogP contribution in [0.15, 0.2) is 0 Å². The smallest absolute Gasteiger partial charge is 0.466 e. The van der Waals surface area contributed by atoms with Crippen LogP contribution in [0, 0.1) is 11.8 Å². The second-order valence-corrected chi connectivity index (χ2v) is 18.1. The fourth-order valence-electron chi connectivity index (χ4n) is 7.69. The maximum atomic E-state index is 12.9. The highest BCUT2D eigenvalue weighted by Gasteiger charge is 2.20. The first-order chi connectivity index (χ1) is 31.7. The molecule has 12 heteroatoms. The molecule has 0 saturated carbocycles. The molecule has 0 saturated heterocycles. The molecule has 0 amide bonds. The molecule has 0 aromatic rings. The van der Waals surface area contributed by atoms with Crippen LogP contribution in [-0.2, 0) is 47.6 Å². The van der Waals surface area contributed by atoms with Crippen LogP contribution in [-0.4, -0.2) is 94.2 Å². The van der Waals surface area contributed by atoms with Gasteiger partial charge in [-0.05, 0) is 64.5 Å². The Bertz CT molecular complexity index is 1130. The van der Waals surface area contributed by atoms with Gasteiger partial charge in [0.2, 0.25) is 0 Å². The monoisotopic (exact) mass is 926 g/mol. The summed E-state index contributed by atoms with van der Waals surface area (Å²) in [6, 6.07) is 0. The minimum atomic E-state index is -0.811. The molecular formula is C53H99NO11. The number of carbonyl (C=O) groups is 5. The van der Waals surface area contributed by atoms with Crippen LogP contribution in [0.2, 0.25) is 0 Å². The Hall–Kier alpha value is -2.89. The van der Waals surface area contributed by atoms with Crippen LogP contribution in [0.4, 0.5) is 4.79 Å². The third kappa shape index (κ3) is 42.2. The van der Waals surface area contributed by atoms with Gasteiger partial charge in [0.05, 0.1) is 31.7 Å². The van der Waals surface area contributed by atoms with Crippen molar-refractivity contribution in [1.29, 1.82) is 0 Å². The van der Waals surface area contributed by atoms with Crippen molar-refractivity contribution in [2.24, 2.45) is 11.8 Å². The molecule has 382 valence electrons. The van der Waals surface area contributed by atoms with Gasteiger partial charge in [-0.3, -0.25) is 19.2 Å². The lowest BCUT2D eigenvalue weighted by molar-refractivity contribution is -0.151. The van der Waals surface area contributed by atoms with Gasteiger partial charge in [0.15, 0.2) is 0 Å². The van der Waals surface area contributed by atoms with Crippen LogP contribution >= 0.6 is 0 Å². The molecule has 0 radical (unpaired) electrons. The molecule has 0 aliphatic heterocycles. The van der Waals surface area contributed by atoms with E-state index in [9.17, 15) is 24.0 Å². The van der Waals surface area contributed by atoms with E-state index >= 15 is 0 Å².